The summed E-state index contributed by atoms with van der Waals surface area (Å²) in [5.74, 6) is 0.465. The molecule has 0 bridgehead atoms. The minimum atomic E-state index is 0.177. The van der Waals surface area contributed by atoms with Crippen LogP contribution in [0.25, 0.3) is 0 Å². The van der Waals surface area contributed by atoms with E-state index in [1.807, 2.05) is 19.9 Å². The third kappa shape index (κ3) is 2.30. The molecular weight excluding hydrogens is 178 g/mol. The first-order valence-electron chi connectivity index (χ1n) is 4.30. The molecule has 72 valence electrons. The van der Waals surface area contributed by atoms with Gasteiger partial charge in [-0.15, -0.1) is 0 Å². The minimum absolute atomic E-state index is 0.177. The van der Waals surface area contributed by atoms with Crippen molar-refractivity contribution in [2.75, 3.05) is 5.32 Å². The molecule has 1 heterocycles. The van der Waals surface area contributed by atoms with Crippen LogP contribution in [-0.2, 0) is 0 Å². The fourth-order valence-electron chi connectivity index (χ4n) is 1.01. The smallest absolute Gasteiger partial charge is 0.168 e. The van der Waals surface area contributed by atoms with Crippen LogP contribution in [0.15, 0.2) is 12.1 Å². The van der Waals surface area contributed by atoms with Crippen LogP contribution in [0.5, 0.6) is 0 Å². The van der Waals surface area contributed by atoms with Crippen molar-refractivity contribution in [2.45, 2.75) is 19.9 Å². The predicted octanol–water partition coefficient (Wildman–Crippen LogP) is 1.59. The molecule has 14 heavy (non-hydrogen) atoms. The van der Waals surface area contributed by atoms with Crippen LogP contribution in [0.4, 0.5) is 5.82 Å². The molecule has 0 aliphatic carbocycles. The Balaban J connectivity index is 3.09. The van der Waals surface area contributed by atoms with E-state index >= 15 is 0 Å². The number of nitrogens with one attached hydrogen (secondary N) is 1. The highest BCUT2D eigenvalue weighted by molar-refractivity contribution is 5.73. The van der Waals surface area contributed by atoms with Crippen molar-refractivity contribution < 1.29 is 4.79 Å². The van der Waals surface area contributed by atoms with Crippen LogP contribution in [-0.4, -0.2) is 17.3 Å². The zero-order valence-electron chi connectivity index (χ0n) is 8.11. The van der Waals surface area contributed by atoms with Crippen LogP contribution in [0.3, 0.4) is 0 Å². The van der Waals surface area contributed by atoms with Gasteiger partial charge in [-0.05, 0) is 26.0 Å². The van der Waals surface area contributed by atoms with Crippen molar-refractivity contribution in [2.24, 2.45) is 0 Å². The molecular formula is C10H11N3O. The van der Waals surface area contributed by atoms with E-state index < -0.39 is 0 Å². The summed E-state index contributed by atoms with van der Waals surface area (Å²) >= 11 is 0. The zero-order chi connectivity index (χ0) is 10.6. The van der Waals surface area contributed by atoms with Gasteiger partial charge in [0.15, 0.2) is 6.29 Å². The number of aldehydes is 1. The summed E-state index contributed by atoms with van der Waals surface area (Å²) in [6, 6.07) is 5.30. The second-order valence-electron chi connectivity index (χ2n) is 3.16. The lowest BCUT2D eigenvalue weighted by atomic mass is 10.2. The van der Waals surface area contributed by atoms with E-state index in [0.717, 1.165) is 0 Å². The minimum Gasteiger partial charge on any atom is -0.367 e. The molecule has 0 atom stereocenters. The third-order valence-corrected chi connectivity index (χ3v) is 1.58. The Hall–Kier alpha value is -1.89. The Morgan fingerprint density at radius 1 is 1.57 bits per heavy atom. The molecule has 0 fully saturated rings. The van der Waals surface area contributed by atoms with Gasteiger partial charge in [-0.3, -0.25) is 4.79 Å². The number of hydrogen-bond donors (Lipinski definition) is 1. The number of carbonyl (C=O) groups is 1. The SMILES string of the molecule is CC(C)Nc1nc(C=O)ccc1C#N. The molecule has 1 rings (SSSR count). The average molecular weight is 189 g/mol. The van der Waals surface area contributed by atoms with Crippen LogP contribution in [0, 0.1) is 11.3 Å². The molecule has 0 radical (unpaired) electrons. The van der Waals surface area contributed by atoms with Gasteiger partial charge in [0, 0.05) is 6.04 Å². The van der Waals surface area contributed by atoms with Crippen molar-refractivity contribution in [3.63, 3.8) is 0 Å². The fraction of sp³-hybridized carbons (Fsp3) is 0.300. The van der Waals surface area contributed by atoms with Gasteiger partial charge < -0.3 is 5.32 Å². The number of nitriles is 1. The first-order valence-corrected chi connectivity index (χ1v) is 4.30. The van der Waals surface area contributed by atoms with Crippen molar-refractivity contribution >= 4 is 12.1 Å². The normalized spacial score (nSPS) is 9.57. The largest absolute Gasteiger partial charge is 0.367 e. The molecule has 1 N–H and O–H groups in total. The second kappa shape index (κ2) is 4.38. The summed E-state index contributed by atoms with van der Waals surface area (Å²) in [4.78, 5) is 14.5. The van der Waals surface area contributed by atoms with Gasteiger partial charge in [0.1, 0.15) is 17.6 Å². The molecule has 4 heteroatoms. The van der Waals surface area contributed by atoms with Crippen molar-refractivity contribution in [1.82, 2.24) is 4.98 Å². The van der Waals surface area contributed by atoms with Gasteiger partial charge in [0.25, 0.3) is 0 Å². The van der Waals surface area contributed by atoms with E-state index in [4.69, 9.17) is 5.26 Å². The van der Waals surface area contributed by atoms with Gasteiger partial charge >= 0.3 is 0 Å². The van der Waals surface area contributed by atoms with Crippen molar-refractivity contribution in [3.05, 3.63) is 23.4 Å². The summed E-state index contributed by atoms with van der Waals surface area (Å²) in [6.07, 6.45) is 0.659. The van der Waals surface area contributed by atoms with Crippen LogP contribution in [0.1, 0.15) is 29.9 Å². The van der Waals surface area contributed by atoms with Gasteiger partial charge in [-0.25, -0.2) is 4.98 Å². The zero-order valence-corrected chi connectivity index (χ0v) is 8.11. The third-order valence-electron chi connectivity index (χ3n) is 1.58. The molecule has 0 unspecified atom stereocenters. The maximum absolute atomic E-state index is 10.5. The van der Waals surface area contributed by atoms with Gasteiger partial charge in [-0.2, -0.15) is 5.26 Å². The van der Waals surface area contributed by atoms with Crippen molar-refractivity contribution in [3.8, 4) is 6.07 Å². The van der Waals surface area contributed by atoms with Gasteiger partial charge in [0.05, 0.1) is 5.56 Å². The van der Waals surface area contributed by atoms with E-state index in [2.05, 4.69) is 10.3 Å². The van der Waals surface area contributed by atoms with Crippen LogP contribution < -0.4 is 5.32 Å². The monoisotopic (exact) mass is 189 g/mol. The Bertz CT molecular complexity index is 379. The van der Waals surface area contributed by atoms with Gasteiger partial charge in [0.2, 0.25) is 0 Å². The molecule has 0 aromatic carbocycles. The van der Waals surface area contributed by atoms with E-state index in [1.54, 1.807) is 6.07 Å². The molecule has 1 aromatic heterocycles. The molecule has 1 aromatic rings. The Labute approximate surface area is 82.6 Å². The predicted molar refractivity (Wildman–Crippen MR) is 53.1 cm³/mol. The van der Waals surface area contributed by atoms with E-state index in [-0.39, 0.29) is 6.04 Å². The van der Waals surface area contributed by atoms with E-state index in [0.29, 0.717) is 23.4 Å². The summed E-state index contributed by atoms with van der Waals surface area (Å²) in [7, 11) is 0. The lowest BCUT2D eigenvalue weighted by Crippen LogP contribution is -2.13. The Morgan fingerprint density at radius 3 is 2.79 bits per heavy atom. The number of nitrogens with zero attached hydrogens (tertiary/aromatic N) is 2. The number of pyridine rings is 1. The number of rotatable bonds is 3. The summed E-state index contributed by atoms with van der Waals surface area (Å²) in [6.45, 7) is 3.88. The molecule has 0 amide bonds. The van der Waals surface area contributed by atoms with E-state index in [1.165, 1.54) is 6.07 Å². The van der Waals surface area contributed by atoms with Crippen LogP contribution in [0.2, 0.25) is 0 Å². The van der Waals surface area contributed by atoms with E-state index in [9.17, 15) is 4.79 Å². The molecule has 0 aliphatic rings. The lowest BCUT2D eigenvalue weighted by molar-refractivity contribution is 0.111. The summed E-state index contributed by atoms with van der Waals surface area (Å²) in [5.41, 5.74) is 0.774. The Kier molecular flexibility index (Phi) is 3.19. The maximum Gasteiger partial charge on any atom is 0.168 e. The summed E-state index contributed by atoms with van der Waals surface area (Å²) in [5, 5.41) is 11.8. The topological polar surface area (TPSA) is 65.8 Å². The standard InChI is InChI=1S/C10H11N3O/c1-7(2)12-10-8(5-11)3-4-9(6-14)13-10/h3-4,6-7H,1-2H3,(H,12,13). The van der Waals surface area contributed by atoms with Gasteiger partial charge in [-0.1, -0.05) is 0 Å². The molecule has 0 saturated carbocycles. The second-order valence-corrected chi connectivity index (χ2v) is 3.16. The number of carbonyl (C=O) groups excluding carboxylic acids is 1. The number of aromatic nitrogens is 1. The average Bonchev–Trinajstić information content (AvgIpc) is 2.16. The number of hydrogen-bond acceptors (Lipinski definition) is 4. The quantitative estimate of drug-likeness (QED) is 0.733. The highest BCUT2D eigenvalue weighted by Gasteiger charge is 2.05. The highest BCUT2D eigenvalue weighted by atomic mass is 16.1. The first kappa shape index (κ1) is 10.2. The highest BCUT2D eigenvalue weighted by Crippen LogP contribution is 2.12. The van der Waals surface area contributed by atoms with Crippen LogP contribution >= 0.6 is 0 Å². The number of anilines is 1. The fourth-order valence-corrected chi connectivity index (χ4v) is 1.01. The lowest BCUT2D eigenvalue weighted by Gasteiger charge is -2.10. The molecule has 0 saturated heterocycles. The summed E-state index contributed by atoms with van der Waals surface area (Å²) < 4.78 is 0. The first-order chi connectivity index (χ1) is 6.67. The van der Waals surface area contributed by atoms with Crippen molar-refractivity contribution in [1.29, 1.82) is 5.26 Å². The molecule has 0 spiro atoms. The molecule has 0 aliphatic heterocycles. The Morgan fingerprint density at radius 2 is 2.29 bits per heavy atom. The maximum atomic E-state index is 10.5. The molecule has 4 nitrogen and oxygen atoms in total.